The highest BCUT2D eigenvalue weighted by atomic mass is 32.2. The Balaban J connectivity index is 1.75. The zero-order chi connectivity index (χ0) is 16.9. The zero-order valence-corrected chi connectivity index (χ0v) is 14.9. The quantitative estimate of drug-likeness (QED) is 0.742. The molecule has 9 heteroatoms. The fourth-order valence-corrected chi connectivity index (χ4v) is 6.08. The highest BCUT2D eigenvalue weighted by Crippen LogP contribution is 2.37. The largest absolute Gasteiger partial charge is 0.454 e. The number of benzene rings is 1. The number of fused-ring (bicyclic) bond motifs is 1. The average Bonchev–Trinajstić information content (AvgIpc) is 3.12. The van der Waals surface area contributed by atoms with Crippen LogP contribution in [0.25, 0.3) is 10.4 Å². The number of ether oxygens (including phenoxy) is 2. The van der Waals surface area contributed by atoms with Gasteiger partial charge in [0, 0.05) is 10.9 Å². The van der Waals surface area contributed by atoms with Gasteiger partial charge in [-0.2, -0.15) is 0 Å². The summed E-state index contributed by atoms with van der Waals surface area (Å²) < 4.78 is 35.8. The van der Waals surface area contributed by atoms with Gasteiger partial charge < -0.3 is 9.47 Å². The molecule has 1 atom stereocenters. The lowest BCUT2D eigenvalue weighted by atomic mass is 10.1. The van der Waals surface area contributed by atoms with Crippen LogP contribution in [0.1, 0.15) is 12.5 Å². The Morgan fingerprint density at radius 2 is 2.00 bits per heavy atom. The SMILES string of the molecule is O=c1cc(-c2ccc3c(c2)OCO3)sc(=S)n1C1CCS(=O)(=O)C1. The predicted molar refractivity (Wildman–Crippen MR) is 93.3 cm³/mol. The van der Waals surface area contributed by atoms with Crippen LogP contribution in [0.2, 0.25) is 0 Å². The molecule has 126 valence electrons. The molecule has 6 nitrogen and oxygen atoms in total. The number of hydrogen-bond donors (Lipinski definition) is 0. The van der Waals surface area contributed by atoms with Gasteiger partial charge in [-0.15, -0.1) is 11.3 Å². The van der Waals surface area contributed by atoms with Crippen LogP contribution < -0.4 is 15.0 Å². The van der Waals surface area contributed by atoms with Crippen LogP contribution in [-0.2, 0) is 9.84 Å². The maximum Gasteiger partial charge on any atom is 0.253 e. The first-order chi connectivity index (χ1) is 11.4. The Kier molecular flexibility index (Phi) is 3.74. The van der Waals surface area contributed by atoms with E-state index >= 15 is 0 Å². The number of rotatable bonds is 2. The Bertz CT molecular complexity index is 1010. The maximum atomic E-state index is 12.5. The average molecular weight is 383 g/mol. The molecule has 0 aliphatic carbocycles. The summed E-state index contributed by atoms with van der Waals surface area (Å²) in [6, 6.07) is 6.59. The first-order valence-corrected chi connectivity index (χ1v) is 10.3. The van der Waals surface area contributed by atoms with Gasteiger partial charge in [0.1, 0.15) is 0 Å². The van der Waals surface area contributed by atoms with E-state index in [-0.39, 0.29) is 29.9 Å². The molecule has 1 unspecified atom stereocenters. The molecule has 0 amide bonds. The summed E-state index contributed by atoms with van der Waals surface area (Å²) in [5.74, 6) is 1.39. The summed E-state index contributed by atoms with van der Waals surface area (Å²) in [7, 11) is -3.08. The molecule has 2 aliphatic heterocycles. The summed E-state index contributed by atoms with van der Waals surface area (Å²) in [6.45, 7) is 0.187. The number of sulfone groups is 1. The van der Waals surface area contributed by atoms with E-state index in [1.54, 1.807) is 6.07 Å². The summed E-state index contributed by atoms with van der Waals surface area (Å²) in [5, 5.41) is 0. The first kappa shape index (κ1) is 15.8. The van der Waals surface area contributed by atoms with Crippen molar-refractivity contribution in [3.8, 4) is 21.9 Å². The normalized spacial score (nSPS) is 21.1. The van der Waals surface area contributed by atoms with E-state index in [0.29, 0.717) is 21.9 Å². The van der Waals surface area contributed by atoms with E-state index in [1.165, 1.54) is 22.0 Å². The molecule has 3 heterocycles. The maximum absolute atomic E-state index is 12.5. The number of nitrogens with zero attached hydrogens (tertiary/aromatic N) is 1. The Hall–Kier alpha value is -1.71. The third-order valence-corrected chi connectivity index (χ3v) is 7.26. The zero-order valence-electron chi connectivity index (χ0n) is 12.4. The monoisotopic (exact) mass is 383 g/mol. The molecule has 1 aromatic heterocycles. The van der Waals surface area contributed by atoms with E-state index in [2.05, 4.69) is 0 Å². The summed E-state index contributed by atoms with van der Waals surface area (Å²) in [4.78, 5) is 13.2. The van der Waals surface area contributed by atoms with Gasteiger partial charge in [0.2, 0.25) is 6.79 Å². The van der Waals surface area contributed by atoms with Gasteiger partial charge >= 0.3 is 0 Å². The minimum absolute atomic E-state index is 0.0212. The standard InChI is InChI=1S/C15H13NO5S3/c17-14-6-13(9-1-2-11-12(5-9)21-8-20-11)23-15(22)16(14)10-3-4-24(18,19)7-10/h1-2,5-6,10H,3-4,7-8H2. The van der Waals surface area contributed by atoms with Gasteiger partial charge in [-0.05, 0) is 42.4 Å². The molecule has 2 aliphatic rings. The lowest BCUT2D eigenvalue weighted by Crippen LogP contribution is -2.25. The molecule has 0 bridgehead atoms. The molecule has 2 aromatic rings. The summed E-state index contributed by atoms with van der Waals surface area (Å²) >= 11 is 6.66. The molecule has 0 radical (unpaired) electrons. The van der Waals surface area contributed by atoms with Crippen molar-refractivity contribution in [2.24, 2.45) is 0 Å². The van der Waals surface area contributed by atoms with Gasteiger partial charge in [0.15, 0.2) is 25.3 Å². The molecular formula is C15H13NO5S3. The van der Waals surface area contributed by atoms with Gasteiger partial charge in [0.05, 0.1) is 17.5 Å². The van der Waals surface area contributed by atoms with Crippen molar-refractivity contribution >= 4 is 33.4 Å². The van der Waals surface area contributed by atoms with Crippen LogP contribution in [-0.4, -0.2) is 31.3 Å². The van der Waals surface area contributed by atoms with Crippen LogP contribution in [0, 0.1) is 3.95 Å². The highest BCUT2D eigenvalue weighted by Gasteiger charge is 2.30. The number of hydrogen-bond acceptors (Lipinski definition) is 7. The first-order valence-electron chi connectivity index (χ1n) is 7.30. The van der Waals surface area contributed by atoms with Crippen molar-refractivity contribution in [2.75, 3.05) is 18.3 Å². The van der Waals surface area contributed by atoms with E-state index in [0.717, 1.165) is 10.4 Å². The summed E-state index contributed by atoms with van der Waals surface area (Å²) in [6.07, 6.45) is 0.433. The van der Waals surface area contributed by atoms with Crippen molar-refractivity contribution in [2.45, 2.75) is 12.5 Å². The van der Waals surface area contributed by atoms with Crippen molar-refractivity contribution in [1.29, 1.82) is 0 Å². The second-order valence-corrected chi connectivity index (χ2v) is 9.61. The van der Waals surface area contributed by atoms with Gasteiger partial charge in [0.25, 0.3) is 5.56 Å². The molecule has 1 saturated heterocycles. The minimum Gasteiger partial charge on any atom is -0.454 e. The van der Waals surface area contributed by atoms with Crippen LogP contribution in [0.4, 0.5) is 0 Å². The second-order valence-electron chi connectivity index (χ2n) is 5.71. The summed E-state index contributed by atoms with van der Waals surface area (Å²) in [5.41, 5.74) is 0.548. The van der Waals surface area contributed by atoms with Crippen molar-refractivity contribution < 1.29 is 17.9 Å². The van der Waals surface area contributed by atoms with E-state index in [4.69, 9.17) is 21.7 Å². The second kappa shape index (κ2) is 5.68. The molecule has 0 N–H and O–H groups in total. The van der Waals surface area contributed by atoms with Crippen molar-refractivity contribution in [3.63, 3.8) is 0 Å². The number of aromatic nitrogens is 1. The lowest BCUT2D eigenvalue weighted by Gasteiger charge is -2.12. The van der Waals surface area contributed by atoms with Crippen LogP contribution >= 0.6 is 23.6 Å². The molecule has 24 heavy (non-hydrogen) atoms. The topological polar surface area (TPSA) is 74.6 Å². The Morgan fingerprint density at radius 3 is 2.71 bits per heavy atom. The molecule has 1 fully saturated rings. The molecule has 4 rings (SSSR count). The molecule has 1 aromatic carbocycles. The molecule has 0 spiro atoms. The van der Waals surface area contributed by atoms with Crippen LogP contribution in [0.5, 0.6) is 11.5 Å². The van der Waals surface area contributed by atoms with Gasteiger partial charge in [-0.3, -0.25) is 9.36 Å². The third kappa shape index (κ3) is 2.76. The minimum atomic E-state index is -3.08. The third-order valence-electron chi connectivity index (χ3n) is 4.12. The molecule has 0 saturated carbocycles. The van der Waals surface area contributed by atoms with Gasteiger partial charge in [-0.25, -0.2) is 8.42 Å². The van der Waals surface area contributed by atoms with Gasteiger partial charge in [-0.1, -0.05) is 0 Å². The smallest absolute Gasteiger partial charge is 0.253 e. The fraction of sp³-hybridized carbons (Fsp3) is 0.333. The Labute approximate surface area is 147 Å². The van der Waals surface area contributed by atoms with E-state index < -0.39 is 9.84 Å². The van der Waals surface area contributed by atoms with Crippen LogP contribution in [0.15, 0.2) is 29.1 Å². The van der Waals surface area contributed by atoms with Crippen molar-refractivity contribution in [3.05, 3.63) is 38.6 Å². The predicted octanol–water partition coefficient (Wildman–Crippen LogP) is 2.39. The van der Waals surface area contributed by atoms with E-state index in [9.17, 15) is 13.2 Å². The Morgan fingerprint density at radius 1 is 1.21 bits per heavy atom. The van der Waals surface area contributed by atoms with E-state index in [1.807, 2.05) is 12.1 Å². The highest BCUT2D eigenvalue weighted by molar-refractivity contribution is 7.91. The molecular weight excluding hydrogens is 370 g/mol. The fourth-order valence-electron chi connectivity index (χ4n) is 2.94. The van der Waals surface area contributed by atoms with Crippen molar-refractivity contribution in [1.82, 2.24) is 4.57 Å². The lowest BCUT2D eigenvalue weighted by molar-refractivity contribution is 0.174. The van der Waals surface area contributed by atoms with Crippen LogP contribution in [0.3, 0.4) is 0 Å².